The van der Waals surface area contributed by atoms with Crippen molar-refractivity contribution in [2.75, 3.05) is 32.4 Å². The van der Waals surface area contributed by atoms with Gasteiger partial charge in [0.25, 0.3) is 0 Å². The van der Waals surface area contributed by atoms with Crippen LogP contribution in [-0.2, 0) is 11.3 Å². The van der Waals surface area contributed by atoms with E-state index in [0.717, 1.165) is 44.5 Å². The molecule has 2 aliphatic rings. The molecule has 6 heteroatoms. The van der Waals surface area contributed by atoms with Gasteiger partial charge in [0.2, 0.25) is 0 Å². The summed E-state index contributed by atoms with van der Waals surface area (Å²) in [7, 11) is 1.80. The number of rotatable bonds is 2. The maximum atomic E-state index is 11.6. The predicted octanol–water partition coefficient (Wildman–Crippen LogP) is 1.47. The highest BCUT2D eigenvalue weighted by atomic mass is 16.6. The van der Waals surface area contributed by atoms with Gasteiger partial charge in [0.05, 0.1) is 6.54 Å². The van der Waals surface area contributed by atoms with Gasteiger partial charge in [-0.05, 0) is 25.5 Å². The molecule has 0 aromatic carbocycles. The van der Waals surface area contributed by atoms with Crippen molar-refractivity contribution >= 4 is 11.9 Å². The van der Waals surface area contributed by atoms with E-state index in [1.165, 1.54) is 0 Å². The van der Waals surface area contributed by atoms with E-state index in [-0.39, 0.29) is 11.7 Å². The lowest BCUT2D eigenvalue weighted by Crippen LogP contribution is -2.35. The number of carbonyl (C=O) groups excluding carboxylic acids is 1. The fraction of sp³-hybridized carbons (Fsp3) is 0.600. The van der Waals surface area contributed by atoms with Gasteiger partial charge >= 0.3 is 6.09 Å². The lowest BCUT2D eigenvalue weighted by atomic mass is 9.95. The van der Waals surface area contributed by atoms with Gasteiger partial charge in [-0.1, -0.05) is 6.07 Å². The lowest BCUT2D eigenvalue weighted by Gasteiger charge is -2.25. The molecule has 3 heterocycles. The molecule has 0 saturated carbocycles. The van der Waals surface area contributed by atoms with Crippen molar-refractivity contribution in [2.24, 2.45) is 0 Å². The second-order valence-corrected chi connectivity index (χ2v) is 6.08. The molecule has 21 heavy (non-hydrogen) atoms. The number of nitrogens with zero attached hydrogens (tertiary/aromatic N) is 3. The molecule has 1 amide bonds. The Bertz CT molecular complexity index is 536. The Hall–Kier alpha value is -1.82. The first-order valence-corrected chi connectivity index (χ1v) is 7.44. The molecular formula is C15H22N4O2. The van der Waals surface area contributed by atoms with Gasteiger partial charge in [0, 0.05) is 38.3 Å². The van der Waals surface area contributed by atoms with Crippen LogP contribution in [0.5, 0.6) is 0 Å². The fourth-order valence-electron chi connectivity index (χ4n) is 3.26. The summed E-state index contributed by atoms with van der Waals surface area (Å²) in [5.41, 5.74) is 6.69. The molecule has 1 atom stereocenters. The normalized spacial score (nSPS) is 26.9. The molecule has 2 N–H and O–H groups in total. The second kappa shape index (κ2) is 5.52. The molecular weight excluding hydrogens is 268 g/mol. The van der Waals surface area contributed by atoms with Crippen LogP contribution in [0, 0.1) is 0 Å². The van der Waals surface area contributed by atoms with Crippen molar-refractivity contribution in [1.29, 1.82) is 0 Å². The van der Waals surface area contributed by atoms with Gasteiger partial charge in [0.1, 0.15) is 11.4 Å². The molecule has 0 bridgehead atoms. The molecule has 2 saturated heterocycles. The highest BCUT2D eigenvalue weighted by molar-refractivity contribution is 5.70. The van der Waals surface area contributed by atoms with Gasteiger partial charge in [-0.15, -0.1) is 0 Å². The fourth-order valence-corrected chi connectivity index (χ4v) is 3.26. The predicted molar refractivity (Wildman–Crippen MR) is 79.6 cm³/mol. The number of ether oxygens (including phenoxy) is 1. The summed E-state index contributed by atoms with van der Waals surface area (Å²) in [5, 5.41) is 0. The molecule has 3 rings (SSSR count). The first-order chi connectivity index (χ1) is 10.1. The molecule has 1 aromatic rings. The second-order valence-electron chi connectivity index (χ2n) is 6.08. The number of nitrogens with two attached hydrogens (primary N) is 1. The van der Waals surface area contributed by atoms with E-state index >= 15 is 0 Å². The van der Waals surface area contributed by atoms with Crippen molar-refractivity contribution in [3.05, 3.63) is 23.9 Å². The smallest absolute Gasteiger partial charge is 0.410 e. The average molecular weight is 290 g/mol. The number of nitrogen functional groups attached to an aromatic ring is 1. The van der Waals surface area contributed by atoms with Crippen molar-refractivity contribution in [2.45, 2.75) is 31.4 Å². The molecule has 1 aromatic heterocycles. The summed E-state index contributed by atoms with van der Waals surface area (Å²) in [6, 6.07) is 3.94. The zero-order chi connectivity index (χ0) is 14.9. The van der Waals surface area contributed by atoms with Gasteiger partial charge in [-0.3, -0.25) is 4.90 Å². The Balaban J connectivity index is 1.64. The highest BCUT2D eigenvalue weighted by Crippen LogP contribution is 2.32. The first kappa shape index (κ1) is 14.1. The Morgan fingerprint density at radius 1 is 1.43 bits per heavy atom. The number of likely N-dealkylation sites (N-methyl/N-ethyl adjacent to an activating group) is 1. The Morgan fingerprint density at radius 3 is 3.00 bits per heavy atom. The number of carbonyl (C=O) groups is 1. The van der Waals surface area contributed by atoms with E-state index in [9.17, 15) is 4.79 Å². The summed E-state index contributed by atoms with van der Waals surface area (Å²) in [5.74, 6) is 0.600. The number of amides is 1. The van der Waals surface area contributed by atoms with E-state index in [2.05, 4.69) is 9.88 Å². The molecule has 1 spiro atoms. The van der Waals surface area contributed by atoms with E-state index in [1.54, 1.807) is 18.1 Å². The maximum absolute atomic E-state index is 11.6. The van der Waals surface area contributed by atoms with Crippen molar-refractivity contribution in [3.63, 3.8) is 0 Å². The topological polar surface area (TPSA) is 71.7 Å². The van der Waals surface area contributed by atoms with Crippen LogP contribution in [0.25, 0.3) is 0 Å². The van der Waals surface area contributed by atoms with Crippen LogP contribution in [-0.4, -0.2) is 53.2 Å². The Labute approximate surface area is 124 Å². The van der Waals surface area contributed by atoms with E-state index in [1.807, 2.05) is 12.1 Å². The zero-order valence-corrected chi connectivity index (χ0v) is 12.4. The minimum absolute atomic E-state index is 0.194. The van der Waals surface area contributed by atoms with Gasteiger partial charge in [-0.2, -0.15) is 0 Å². The largest absolute Gasteiger partial charge is 0.441 e. The number of anilines is 1. The minimum atomic E-state index is -0.291. The molecule has 6 nitrogen and oxygen atoms in total. The quantitative estimate of drug-likeness (QED) is 0.893. The van der Waals surface area contributed by atoms with Gasteiger partial charge in [0.15, 0.2) is 0 Å². The molecule has 114 valence electrons. The monoisotopic (exact) mass is 290 g/mol. The van der Waals surface area contributed by atoms with Gasteiger partial charge in [-0.25, -0.2) is 9.78 Å². The van der Waals surface area contributed by atoms with Crippen LogP contribution in [0.1, 0.15) is 24.8 Å². The van der Waals surface area contributed by atoms with E-state index in [0.29, 0.717) is 12.4 Å². The molecule has 0 unspecified atom stereocenters. The number of hydrogen-bond donors (Lipinski definition) is 1. The number of hydrogen-bond acceptors (Lipinski definition) is 5. The first-order valence-electron chi connectivity index (χ1n) is 7.44. The highest BCUT2D eigenvalue weighted by Gasteiger charge is 2.44. The van der Waals surface area contributed by atoms with Crippen molar-refractivity contribution < 1.29 is 9.53 Å². The summed E-state index contributed by atoms with van der Waals surface area (Å²) in [6.07, 6.45) is 4.36. The van der Waals surface area contributed by atoms with Crippen molar-refractivity contribution in [3.8, 4) is 0 Å². The average Bonchev–Trinajstić information content (AvgIpc) is 2.62. The van der Waals surface area contributed by atoms with Crippen LogP contribution in [0.2, 0.25) is 0 Å². The third-order valence-electron chi connectivity index (χ3n) is 4.45. The Kier molecular flexibility index (Phi) is 3.71. The third kappa shape index (κ3) is 2.95. The summed E-state index contributed by atoms with van der Waals surface area (Å²) in [4.78, 5) is 19.8. The van der Waals surface area contributed by atoms with Crippen LogP contribution >= 0.6 is 0 Å². The molecule has 0 radical (unpaired) electrons. The van der Waals surface area contributed by atoms with Crippen LogP contribution in [0.15, 0.2) is 18.3 Å². The summed E-state index contributed by atoms with van der Waals surface area (Å²) < 4.78 is 5.63. The molecule has 0 aliphatic carbocycles. The minimum Gasteiger partial charge on any atom is -0.441 e. The van der Waals surface area contributed by atoms with E-state index < -0.39 is 0 Å². The van der Waals surface area contributed by atoms with Crippen LogP contribution in [0.3, 0.4) is 0 Å². The third-order valence-corrected chi connectivity index (χ3v) is 4.45. The van der Waals surface area contributed by atoms with Crippen LogP contribution in [0.4, 0.5) is 10.6 Å². The number of aromatic nitrogens is 1. The number of likely N-dealkylation sites (tertiary alicyclic amines) is 1. The lowest BCUT2D eigenvalue weighted by molar-refractivity contribution is 0.0443. The van der Waals surface area contributed by atoms with Crippen LogP contribution < -0.4 is 5.73 Å². The van der Waals surface area contributed by atoms with Gasteiger partial charge < -0.3 is 15.4 Å². The standard InChI is InChI=1S/C15H22N4O2/c1-18-11-15(21-14(18)20)5-3-8-19(9-6-15)10-12-4-2-7-17-13(12)16/h2,4,7H,3,5-6,8-11H2,1H3,(H2,16,17)/t15-/m0/s1. The SMILES string of the molecule is CN1C[C@@]2(CCCN(Cc3cccnc3N)CC2)OC1=O. The molecule has 2 aliphatic heterocycles. The number of pyridine rings is 1. The van der Waals surface area contributed by atoms with E-state index in [4.69, 9.17) is 10.5 Å². The Morgan fingerprint density at radius 2 is 2.29 bits per heavy atom. The molecule has 2 fully saturated rings. The zero-order valence-electron chi connectivity index (χ0n) is 12.4. The summed E-state index contributed by atoms with van der Waals surface area (Å²) >= 11 is 0. The van der Waals surface area contributed by atoms with Crippen molar-refractivity contribution in [1.82, 2.24) is 14.8 Å². The summed E-state index contributed by atoms with van der Waals surface area (Å²) in [6.45, 7) is 3.42. The maximum Gasteiger partial charge on any atom is 0.410 e.